The second-order valence-electron chi connectivity index (χ2n) is 3.92. The number of carbonyl (C=O) groups is 1. The van der Waals surface area contributed by atoms with Gasteiger partial charge in [0.2, 0.25) is 0 Å². The topological polar surface area (TPSA) is 67.4 Å². The Labute approximate surface area is 111 Å². The van der Waals surface area contributed by atoms with E-state index in [1.54, 1.807) is 14.0 Å². The highest BCUT2D eigenvalue weighted by Gasteiger charge is 2.19. The predicted molar refractivity (Wildman–Crippen MR) is 71.0 cm³/mol. The van der Waals surface area contributed by atoms with Crippen LogP contribution in [0.5, 0.6) is 0 Å². The third-order valence-electron chi connectivity index (χ3n) is 2.54. The average Bonchev–Trinajstić information content (AvgIpc) is 2.37. The minimum Gasteiger partial charge on any atom is -0.469 e. The molecule has 18 heavy (non-hydrogen) atoms. The van der Waals surface area contributed by atoms with Crippen molar-refractivity contribution in [3.63, 3.8) is 0 Å². The lowest BCUT2D eigenvalue weighted by molar-refractivity contribution is -0.144. The summed E-state index contributed by atoms with van der Waals surface area (Å²) in [6.07, 6.45) is 1.39. The van der Waals surface area contributed by atoms with Crippen molar-refractivity contribution >= 4 is 29.1 Å². The Morgan fingerprint density at radius 1 is 1.61 bits per heavy atom. The Hall–Kier alpha value is -1.56. The van der Waals surface area contributed by atoms with Gasteiger partial charge in [0.25, 0.3) is 0 Å². The molecule has 1 aromatic heterocycles. The van der Waals surface area contributed by atoms with Gasteiger partial charge in [-0.05, 0) is 0 Å². The highest BCUT2D eigenvalue weighted by Crippen LogP contribution is 2.28. The Morgan fingerprint density at radius 2 is 2.28 bits per heavy atom. The van der Waals surface area contributed by atoms with E-state index in [0.29, 0.717) is 23.2 Å². The number of esters is 1. The van der Waals surface area contributed by atoms with Gasteiger partial charge in [0.15, 0.2) is 11.0 Å². The number of aromatic nitrogens is 2. The van der Waals surface area contributed by atoms with Crippen LogP contribution in [0.4, 0.5) is 11.5 Å². The molecule has 0 saturated carbocycles. The SMILES string of the molecule is CNc1c(Cl)ncnc1N(C)CC(C)C(=O)OC. The summed E-state index contributed by atoms with van der Waals surface area (Å²) in [6.45, 7) is 2.28. The van der Waals surface area contributed by atoms with E-state index in [0.717, 1.165) is 0 Å². The Bertz CT molecular complexity index is 428. The fraction of sp³-hybridized carbons (Fsp3) is 0.545. The zero-order valence-electron chi connectivity index (χ0n) is 10.9. The van der Waals surface area contributed by atoms with Crippen LogP contribution < -0.4 is 10.2 Å². The normalized spacial score (nSPS) is 11.8. The summed E-state index contributed by atoms with van der Waals surface area (Å²) < 4.78 is 4.69. The number of carbonyl (C=O) groups excluding carboxylic acids is 1. The number of rotatable bonds is 5. The van der Waals surface area contributed by atoms with Gasteiger partial charge in [-0.15, -0.1) is 0 Å². The maximum absolute atomic E-state index is 11.4. The molecule has 0 fully saturated rings. The Morgan fingerprint density at radius 3 is 2.83 bits per heavy atom. The van der Waals surface area contributed by atoms with Gasteiger partial charge in [-0.2, -0.15) is 0 Å². The summed E-state index contributed by atoms with van der Waals surface area (Å²) >= 11 is 5.97. The minimum atomic E-state index is -0.256. The van der Waals surface area contributed by atoms with Crippen molar-refractivity contribution in [2.45, 2.75) is 6.92 Å². The summed E-state index contributed by atoms with van der Waals surface area (Å²) in [5.74, 6) is 0.139. The maximum atomic E-state index is 11.4. The zero-order chi connectivity index (χ0) is 13.7. The lowest BCUT2D eigenvalue weighted by Gasteiger charge is -2.23. The molecular formula is C11H17ClN4O2. The molecule has 1 aromatic rings. The summed E-state index contributed by atoms with van der Waals surface area (Å²) in [6, 6.07) is 0. The van der Waals surface area contributed by atoms with Crippen molar-refractivity contribution in [3.8, 4) is 0 Å². The van der Waals surface area contributed by atoms with Crippen LogP contribution in [0.25, 0.3) is 0 Å². The summed E-state index contributed by atoms with van der Waals surface area (Å²) in [5.41, 5.74) is 0.638. The van der Waals surface area contributed by atoms with Crippen LogP contribution in [0, 0.1) is 5.92 Å². The summed E-state index contributed by atoms with van der Waals surface area (Å²) in [7, 11) is 4.95. The highest BCUT2D eigenvalue weighted by molar-refractivity contribution is 6.32. The largest absolute Gasteiger partial charge is 0.469 e. The van der Waals surface area contributed by atoms with Gasteiger partial charge in [0, 0.05) is 20.6 Å². The van der Waals surface area contributed by atoms with E-state index in [9.17, 15) is 4.79 Å². The lowest BCUT2D eigenvalue weighted by Crippen LogP contribution is -2.30. The van der Waals surface area contributed by atoms with Gasteiger partial charge >= 0.3 is 5.97 Å². The van der Waals surface area contributed by atoms with E-state index in [1.807, 2.05) is 11.9 Å². The number of hydrogen-bond acceptors (Lipinski definition) is 6. The molecule has 0 spiro atoms. The number of methoxy groups -OCH3 is 1. The zero-order valence-corrected chi connectivity index (χ0v) is 11.7. The van der Waals surface area contributed by atoms with Crippen molar-refractivity contribution in [1.82, 2.24) is 9.97 Å². The molecule has 0 aliphatic rings. The fourth-order valence-electron chi connectivity index (χ4n) is 1.63. The van der Waals surface area contributed by atoms with E-state index >= 15 is 0 Å². The first-order valence-corrected chi connectivity index (χ1v) is 5.86. The van der Waals surface area contributed by atoms with E-state index in [2.05, 4.69) is 20.0 Å². The van der Waals surface area contributed by atoms with E-state index in [4.69, 9.17) is 11.6 Å². The quantitative estimate of drug-likeness (QED) is 0.646. The smallest absolute Gasteiger partial charge is 0.310 e. The molecule has 6 nitrogen and oxygen atoms in total. The van der Waals surface area contributed by atoms with Crippen LogP contribution in [-0.2, 0) is 9.53 Å². The first-order valence-electron chi connectivity index (χ1n) is 5.48. The van der Waals surface area contributed by atoms with Crippen LogP contribution in [-0.4, -0.2) is 43.7 Å². The third-order valence-corrected chi connectivity index (χ3v) is 2.83. The molecule has 0 bridgehead atoms. The van der Waals surface area contributed by atoms with Crippen LogP contribution in [0.2, 0.25) is 5.15 Å². The van der Waals surface area contributed by atoms with Crippen molar-refractivity contribution in [1.29, 1.82) is 0 Å². The first kappa shape index (κ1) is 14.5. The molecular weight excluding hydrogens is 256 g/mol. The van der Waals surface area contributed by atoms with E-state index < -0.39 is 0 Å². The maximum Gasteiger partial charge on any atom is 0.310 e. The third kappa shape index (κ3) is 3.22. The van der Waals surface area contributed by atoms with Gasteiger partial charge in [0.05, 0.1) is 13.0 Å². The minimum absolute atomic E-state index is 0.251. The first-order chi connectivity index (χ1) is 8.51. The molecule has 0 aliphatic carbocycles. The number of hydrogen-bond donors (Lipinski definition) is 1. The van der Waals surface area contributed by atoms with Crippen molar-refractivity contribution < 1.29 is 9.53 Å². The monoisotopic (exact) mass is 272 g/mol. The van der Waals surface area contributed by atoms with Crippen LogP contribution in [0.15, 0.2) is 6.33 Å². The average molecular weight is 273 g/mol. The molecule has 7 heteroatoms. The predicted octanol–water partition coefficient (Wildman–Crippen LogP) is 1.42. The van der Waals surface area contributed by atoms with Gasteiger partial charge < -0.3 is 15.0 Å². The molecule has 0 aromatic carbocycles. The molecule has 0 radical (unpaired) electrons. The van der Waals surface area contributed by atoms with Crippen molar-refractivity contribution in [3.05, 3.63) is 11.5 Å². The molecule has 1 unspecified atom stereocenters. The standard InChI is InChI=1S/C11H17ClN4O2/c1-7(11(17)18-4)5-16(3)10-8(13-2)9(12)14-6-15-10/h6-7,13H,5H2,1-4H3. The number of nitrogens with zero attached hydrogens (tertiary/aromatic N) is 3. The van der Waals surface area contributed by atoms with E-state index in [1.165, 1.54) is 13.4 Å². The van der Waals surface area contributed by atoms with Gasteiger partial charge in [-0.1, -0.05) is 18.5 Å². The molecule has 1 rings (SSSR count). The number of ether oxygens (including phenoxy) is 1. The molecule has 0 aliphatic heterocycles. The Kier molecular flexibility index (Phi) is 5.15. The second kappa shape index (κ2) is 6.39. The molecule has 1 N–H and O–H groups in total. The number of nitrogens with one attached hydrogen (secondary N) is 1. The van der Waals surface area contributed by atoms with E-state index in [-0.39, 0.29) is 11.9 Å². The Balaban J connectivity index is 2.87. The molecule has 1 heterocycles. The van der Waals surface area contributed by atoms with Gasteiger partial charge in [-0.3, -0.25) is 4.79 Å². The van der Waals surface area contributed by atoms with Crippen molar-refractivity contribution in [2.24, 2.45) is 5.92 Å². The number of halogens is 1. The molecule has 100 valence electrons. The second-order valence-corrected chi connectivity index (χ2v) is 4.28. The fourth-order valence-corrected chi connectivity index (χ4v) is 1.86. The summed E-state index contributed by atoms with van der Waals surface area (Å²) in [5, 5.41) is 3.29. The lowest BCUT2D eigenvalue weighted by atomic mass is 10.2. The molecule has 1 atom stereocenters. The molecule has 0 amide bonds. The van der Waals surface area contributed by atoms with Crippen LogP contribution >= 0.6 is 11.6 Å². The number of anilines is 2. The van der Waals surface area contributed by atoms with Crippen LogP contribution in [0.3, 0.4) is 0 Å². The van der Waals surface area contributed by atoms with Gasteiger partial charge in [0.1, 0.15) is 12.0 Å². The summed E-state index contributed by atoms with van der Waals surface area (Å²) in [4.78, 5) is 21.3. The van der Waals surface area contributed by atoms with Crippen molar-refractivity contribution in [2.75, 3.05) is 38.0 Å². The highest BCUT2D eigenvalue weighted by atomic mass is 35.5. The molecule has 0 saturated heterocycles. The van der Waals surface area contributed by atoms with Crippen LogP contribution in [0.1, 0.15) is 6.92 Å². The van der Waals surface area contributed by atoms with Gasteiger partial charge in [-0.25, -0.2) is 9.97 Å².